The molecule has 2 aromatic heterocycles. The van der Waals surface area contributed by atoms with Gasteiger partial charge in [0, 0.05) is 25.0 Å². The van der Waals surface area contributed by atoms with Crippen molar-refractivity contribution in [3.63, 3.8) is 0 Å². The third-order valence-electron chi connectivity index (χ3n) is 6.22. The number of sulfonamides is 1. The second kappa shape index (κ2) is 13.4. The van der Waals surface area contributed by atoms with Gasteiger partial charge < -0.3 is 15.4 Å². The first-order valence-corrected chi connectivity index (χ1v) is 14.3. The average Bonchev–Trinajstić information content (AvgIpc) is 2.96. The predicted molar refractivity (Wildman–Crippen MR) is 156 cm³/mol. The lowest BCUT2D eigenvalue weighted by Gasteiger charge is -2.23. The number of ether oxygens (including phenoxy) is 1. The van der Waals surface area contributed by atoms with Crippen molar-refractivity contribution >= 4 is 34.1 Å². The first-order chi connectivity index (χ1) is 19.4. The van der Waals surface area contributed by atoms with Gasteiger partial charge in [-0.15, -0.1) is 12.4 Å². The van der Waals surface area contributed by atoms with Crippen molar-refractivity contribution in [3.05, 3.63) is 90.0 Å². The molecule has 5 rings (SSSR count). The van der Waals surface area contributed by atoms with Crippen molar-refractivity contribution in [1.29, 1.82) is 5.26 Å². The molecule has 0 aliphatic carbocycles. The van der Waals surface area contributed by atoms with Crippen LogP contribution in [0.25, 0.3) is 11.3 Å². The van der Waals surface area contributed by atoms with Crippen LogP contribution in [-0.2, 0) is 15.8 Å². The third kappa shape index (κ3) is 7.46. The van der Waals surface area contributed by atoms with E-state index in [0.29, 0.717) is 22.8 Å². The van der Waals surface area contributed by atoms with Gasteiger partial charge in [0.2, 0.25) is 21.9 Å². The second-order valence-corrected chi connectivity index (χ2v) is 10.9. The first-order valence-electron chi connectivity index (χ1n) is 12.6. The molecule has 0 spiro atoms. The van der Waals surface area contributed by atoms with Crippen LogP contribution < -0.4 is 20.1 Å². The molecule has 1 saturated heterocycles. The fourth-order valence-corrected chi connectivity index (χ4v) is 5.54. The minimum atomic E-state index is -3.91. The Balaban J connectivity index is 0.00000387. The number of benzene rings is 2. The molecule has 10 nitrogen and oxygen atoms in total. The Morgan fingerprint density at radius 2 is 1.90 bits per heavy atom. The van der Waals surface area contributed by atoms with Gasteiger partial charge in [-0.05, 0) is 55.3 Å². The molecule has 2 aromatic carbocycles. The zero-order valence-corrected chi connectivity index (χ0v) is 23.4. The molecule has 41 heavy (non-hydrogen) atoms. The van der Waals surface area contributed by atoms with Crippen LogP contribution in [0.5, 0.6) is 11.6 Å². The van der Waals surface area contributed by atoms with Crippen molar-refractivity contribution in [2.24, 2.45) is 0 Å². The van der Waals surface area contributed by atoms with E-state index in [4.69, 9.17) is 4.74 Å². The van der Waals surface area contributed by atoms with Gasteiger partial charge in [-0.2, -0.15) is 5.26 Å². The van der Waals surface area contributed by atoms with Gasteiger partial charge in [-0.3, -0.25) is 4.72 Å². The SMILES string of the molecule is Cl.N#Cc1c(NS(=O)(=O)Cc2ccccc2)ccc(Oc2ncccc2-c2ccnc(NC3CCCNC3)n2)c1F. The molecule has 4 aromatic rings. The molecule has 1 aliphatic rings. The third-order valence-corrected chi connectivity index (χ3v) is 7.47. The van der Waals surface area contributed by atoms with Crippen LogP contribution in [0.4, 0.5) is 16.0 Å². The van der Waals surface area contributed by atoms with E-state index in [2.05, 4.69) is 30.3 Å². The number of anilines is 2. The summed E-state index contributed by atoms with van der Waals surface area (Å²) in [5, 5.41) is 16.3. The van der Waals surface area contributed by atoms with E-state index >= 15 is 4.39 Å². The minimum absolute atomic E-state index is 0. The van der Waals surface area contributed by atoms with Crippen LogP contribution >= 0.6 is 12.4 Å². The summed E-state index contributed by atoms with van der Waals surface area (Å²) < 4.78 is 48.9. The van der Waals surface area contributed by atoms with Gasteiger partial charge in [0.1, 0.15) is 11.6 Å². The summed E-state index contributed by atoms with van der Waals surface area (Å²) in [5.74, 6) is -1.13. The number of halogens is 2. The van der Waals surface area contributed by atoms with E-state index in [9.17, 15) is 13.7 Å². The van der Waals surface area contributed by atoms with Crippen molar-refractivity contribution in [3.8, 4) is 29.0 Å². The molecular weight excluding hydrogens is 569 g/mol. The molecule has 0 bridgehead atoms. The molecule has 3 heterocycles. The Kier molecular flexibility index (Phi) is 9.67. The van der Waals surface area contributed by atoms with Gasteiger partial charge in [-0.25, -0.2) is 27.8 Å². The minimum Gasteiger partial charge on any atom is -0.435 e. The van der Waals surface area contributed by atoms with Crippen molar-refractivity contribution in [1.82, 2.24) is 20.3 Å². The summed E-state index contributed by atoms with van der Waals surface area (Å²) in [7, 11) is -3.91. The number of piperidine rings is 1. The van der Waals surface area contributed by atoms with E-state index in [-0.39, 0.29) is 41.5 Å². The Morgan fingerprint density at radius 1 is 1.07 bits per heavy atom. The highest BCUT2D eigenvalue weighted by Gasteiger charge is 2.21. The van der Waals surface area contributed by atoms with Crippen molar-refractivity contribution in [2.45, 2.75) is 24.6 Å². The lowest BCUT2D eigenvalue weighted by Crippen LogP contribution is -2.38. The van der Waals surface area contributed by atoms with E-state index < -0.39 is 21.4 Å². The van der Waals surface area contributed by atoms with Crippen LogP contribution in [0.3, 0.4) is 0 Å². The van der Waals surface area contributed by atoms with Gasteiger partial charge in [-0.1, -0.05) is 30.3 Å². The van der Waals surface area contributed by atoms with E-state index in [0.717, 1.165) is 25.9 Å². The molecule has 3 N–H and O–H groups in total. The van der Waals surface area contributed by atoms with Crippen LogP contribution in [-0.4, -0.2) is 42.5 Å². The molecular formula is C28H27ClFN7O3S. The summed E-state index contributed by atoms with van der Waals surface area (Å²) in [4.78, 5) is 13.1. The number of rotatable bonds is 9. The summed E-state index contributed by atoms with van der Waals surface area (Å²) in [5.41, 5.74) is 0.861. The Hall–Kier alpha value is -4.31. The van der Waals surface area contributed by atoms with Crippen molar-refractivity contribution in [2.75, 3.05) is 23.1 Å². The number of aromatic nitrogens is 3. The van der Waals surface area contributed by atoms with Gasteiger partial charge in [0.05, 0.1) is 22.7 Å². The highest BCUT2D eigenvalue weighted by atomic mass is 35.5. The zero-order valence-electron chi connectivity index (χ0n) is 21.7. The molecule has 212 valence electrons. The van der Waals surface area contributed by atoms with Gasteiger partial charge in [0.15, 0.2) is 11.6 Å². The summed E-state index contributed by atoms with van der Waals surface area (Å²) in [6, 6.07) is 18.1. The molecule has 0 saturated carbocycles. The average molecular weight is 596 g/mol. The standard InChI is InChI=1S/C28H26FN7O3S.ClH/c29-26-22(16-30)24(36-40(37,38)18-19-6-2-1-3-7-19)10-11-25(26)39-27-21(9-5-14-32-27)23-12-15-33-28(35-23)34-20-8-4-13-31-17-20;/h1-3,5-7,9-12,14-15,20,31,36H,4,8,13,17-18H2,(H,33,34,35);1H. The quantitative estimate of drug-likeness (QED) is 0.247. The maximum Gasteiger partial charge on any atom is 0.236 e. The number of hydrogen-bond donors (Lipinski definition) is 3. The lowest BCUT2D eigenvalue weighted by atomic mass is 10.1. The largest absolute Gasteiger partial charge is 0.435 e. The molecule has 13 heteroatoms. The van der Waals surface area contributed by atoms with Gasteiger partial charge >= 0.3 is 0 Å². The number of hydrogen-bond acceptors (Lipinski definition) is 9. The topological polar surface area (TPSA) is 142 Å². The van der Waals surface area contributed by atoms with Crippen LogP contribution in [0.2, 0.25) is 0 Å². The molecule has 1 aliphatic heterocycles. The molecule has 1 unspecified atom stereocenters. The fourth-order valence-electron chi connectivity index (χ4n) is 4.33. The number of pyridine rings is 1. The van der Waals surface area contributed by atoms with E-state index in [1.807, 2.05) is 0 Å². The first kappa shape index (κ1) is 29.7. The molecule has 1 fully saturated rings. The van der Waals surface area contributed by atoms with Crippen molar-refractivity contribution < 1.29 is 17.5 Å². The normalized spacial score (nSPS) is 14.8. The Morgan fingerprint density at radius 3 is 2.66 bits per heavy atom. The smallest absolute Gasteiger partial charge is 0.236 e. The van der Waals surface area contributed by atoms with E-state index in [1.165, 1.54) is 18.3 Å². The molecule has 0 radical (unpaired) electrons. The maximum atomic E-state index is 15.4. The van der Waals surface area contributed by atoms with Crippen LogP contribution in [0, 0.1) is 17.1 Å². The van der Waals surface area contributed by atoms with Crippen LogP contribution in [0.15, 0.2) is 73.1 Å². The van der Waals surface area contributed by atoms with Gasteiger partial charge in [0.25, 0.3) is 0 Å². The van der Waals surface area contributed by atoms with Crippen LogP contribution in [0.1, 0.15) is 24.0 Å². The molecule has 1 atom stereocenters. The second-order valence-electron chi connectivity index (χ2n) is 9.17. The monoisotopic (exact) mass is 595 g/mol. The summed E-state index contributed by atoms with van der Waals surface area (Å²) >= 11 is 0. The highest BCUT2D eigenvalue weighted by Crippen LogP contribution is 2.34. The zero-order chi connectivity index (χ0) is 28.0. The Bertz CT molecular complexity index is 1650. The predicted octanol–water partition coefficient (Wildman–Crippen LogP) is 4.87. The maximum absolute atomic E-state index is 15.4. The van der Waals surface area contributed by atoms with E-state index in [1.54, 1.807) is 60.8 Å². The number of nitrogens with zero attached hydrogens (tertiary/aromatic N) is 4. The number of nitrogens with one attached hydrogen (secondary N) is 3. The fraction of sp³-hybridized carbons (Fsp3) is 0.214. The molecule has 0 amide bonds. The number of nitriles is 1. The Labute approximate surface area is 243 Å². The highest BCUT2D eigenvalue weighted by molar-refractivity contribution is 7.91. The summed E-state index contributed by atoms with van der Waals surface area (Å²) in [6.07, 6.45) is 5.16. The summed E-state index contributed by atoms with van der Waals surface area (Å²) in [6.45, 7) is 1.80. The lowest BCUT2D eigenvalue weighted by molar-refractivity contribution is 0.428.